The van der Waals surface area contributed by atoms with E-state index in [2.05, 4.69) is 63.6 Å². The van der Waals surface area contributed by atoms with E-state index < -0.39 is 0 Å². The van der Waals surface area contributed by atoms with Gasteiger partial charge in [0.2, 0.25) is 5.89 Å². The summed E-state index contributed by atoms with van der Waals surface area (Å²) >= 11 is 0. The second kappa shape index (κ2) is 9.85. The van der Waals surface area contributed by atoms with Crippen LogP contribution in [-0.2, 0) is 25.8 Å². The van der Waals surface area contributed by atoms with Crippen molar-refractivity contribution in [1.29, 1.82) is 0 Å². The smallest absolute Gasteiger partial charge is 0.240 e. The molecule has 26 heavy (non-hydrogen) atoms. The number of rotatable bonds is 10. The zero-order valence-electron chi connectivity index (χ0n) is 15.1. The highest BCUT2D eigenvalue weighted by Gasteiger charge is 2.12. The maximum atomic E-state index is 5.76. The molecule has 0 radical (unpaired) electrons. The minimum absolute atomic E-state index is 0.615. The molecule has 1 aromatic heterocycles. The zero-order valence-corrected chi connectivity index (χ0v) is 15.1. The minimum Gasteiger partial charge on any atom is -0.338 e. The van der Waals surface area contributed by atoms with Gasteiger partial charge < -0.3 is 10.3 Å². The molecule has 2 aromatic carbocycles. The van der Waals surface area contributed by atoms with Crippen LogP contribution in [0.3, 0.4) is 0 Å². The van der Waals surface area contributed by atoms with E-state index in [0.29, 0.717) is 19.0 Å². The third-order valence-corrected chi connectivity index (χ3v) is 4.35. The molecule has 2 N–H and O–H groups in total. The summed E-state index contributed by atoms with van der Waals surface area (Å²) < 4.78 is 5.44. The number of nitrogens with zero attached hydrogens (tertiary/aromatic N) is 3. The van der Waals surface area contributed by atoms with Gasteiger partial charge in [0.1, 0.15) is 0 Å². The monoisotopic (exact) mass is 350 g/mol. The fraction of sp³-hybridized carbons (Fsp3) is 0.333. The van der Waals surface area contributed by atoms with Crippen molar-refractivity contribution in [3.63, 3.8) is 0 Å². The van der Waals surface area contributed by atoms with Crippen molar-refractivity contribution in [3.8, 4) is 0 Å². The summed E-state index contributed by atoms with van der Waals surface area (Å²) in [6, 6.07) is 20.8. The highest BCUT2D eigenvalue weighted by Crippen LogP contribution is 2.08. The van der Waals surface area contributed by atoms with Crippen LogP contribution < -0.4 is 5.73 Å². The van der Waals surface area contributed by atoms with Gasteiger partial charge in [0.25, 0.3) is 0 Å². The lowest BCUT2D eigenvalue weighted by Gasteiger charge is -2.19. The van der Waals surface area contributed by atoms with Crippen molar-refractivity contribution in [2.45, 2.75) is 25.8 Å². The van der Waals surface area contributed by atoms with E-state index in [0.717, 1.165) is 38.2 Å². The van der Waals surface area contributed by atoms with Crippen LogP contribution in [0.2, 0.25) is 0 Å². The number of hydrogen-bond acceptors (Lipinski definition) is 5. The molecule has 0 atom stereocenters. The quantitative estimate of drug-likeness (QED) is 0.609. The SMILES string of the molecule is NCCN(CCc1ccccc1)Cc1nc(CCc2ccccc2)no1. The van der Waals surface area contributed by atoms with Gasteiger partial charge in [-0.15, -0.1) is 0 Å². The third kappa shape index (κ3) is 5.79. The van der Waals surface area contributed by atoms with Crippen LogP contribution in [-0.4, -0.2) is 34.7 Å². The molecule has 0 amide bonds. The third-order valence-electron chi connectivity index (χ3n) is 4.35. The lowest BCUT2D eigenvalue weighted by Crippen LogP contribution is -2.31. The molecular weight excluding hydrogens is 324 g/mol. The molecule has 5 heteroatoms. The van der Waals surface area contributed by atoms with Gasteiger partial charge in [-0.1, -0.05) is 65.8 Å². The molecule has 1 heterocycles. The van der Waals surface area contributed by atoms with Gasteiger partial charge in [0, 0.05) is 26.1 Å². The molecule has 0 aliphatic carbocycles. The molecule has 136 valence electrons. The van der Waals surface area contributed by atoms with Gasteiger partial charge in [-0.3, -0.25) is 4.90 Å². The Morgan fingerprint density at radius 2 is 1.46 bits per heavy atom. The van der Waals surface area contributed by atoms with Crippen LogP contribution in [0.15, 0.2) is 65.2 Å². The van der Waals surface area contributed by atoms with Gasteiger partial charge in [0.05, 0.1) is 6.54 Å². The Balaban J connectivity index is 1.51. The second-order valence-corrected chi connectivity index (χ2v) is 6.39. The van der Waals surface area contributed by atoms with Crippen molar-refractivity contribution in [1.82, 2.24) is 15.0 Å². The summed E-state index contributed by atoms with van der Waals surface area (Å²) in [4.78, 5) is 6.81. The van der Waals surface area contributed by atoms with E-state index in [1.54, 1.807) is 0 Å². The molecular formula is C21H26N4O. The first-order valence-electron chi connectivity index (χ1n) is 9.15. The highest BCUT2D eigenvalue weighted by molar-refractivity contribution is 5.16. The van der Waals surface area contributed by atoms with E-state index in [4.69, 9.17) is 10.3 Å². The molecule has 0 spiro atoms. The lowest BCUT2D eigenvalue weighted by molar-refractivity contribution is 0.233. The van der Waals surface area contributed by atoms with E-state index in [1.807, 2.05) is 12.1 Å². The Bertz CT molecular complexity index is 758. The Morgan fingerprint density at radius 3 is 2.12 bits per heavy atom. The van der Waals surface area contributed by atoms with Crippen LogP contribution >= 0.6 is 0 Å². The van der Waals surface area contributed by atoms with Crippen molar-refractivity contribution >= 4 is 0 Å². The molecule has 0 aliphatic heterocycles. The fourth-order valence-electron chi connectivity index (χ4n) is 2.93. The standard InChI is InChI=1S/C21H26N4O/c22-14-16-25(15-13-19-9-5-2-6-10-19)17-21-23-20(24-26-21)12-11-18-7-3-1-4-8-18/h1-10H,11-17,22H2. The van der Waals surface area contributed by atoms with E-state index in [1.165, 1.54) is 11.1 Å². The first-order chi connectivity index (χ1) is 12.8. The van der Waals surface area contributed by atoms with Gasteiger partial charge >= 0.3 is 0 Å². The summed E-state index contributed by atoms with van der Waals surface area (Å²) in [5.41, 5.74) is 8.37. The predicted octanol–water partition coefficient (Wildman–Crippen LogP) is 2.86. The molecule has 5 nitrogen and oxygen atoms in total. The van der Waals surface area contributed by atoms with Crippen molar-refractivity contribution in [2.24, 2.45) is 5.73 Å². The van der Waals surface area contributed by atoms with E-state index >= 15 is 0 Å². The van der Waals surface area contributed by atoms with Gasteiger partial charge in [0.15, 0.2) is 5.82 Å². The molecule has 3 aromatic rings. The van der Waals surface area contributed by atoms with Crippen molar-refractivity contribution < 1.29 is 4.52 Å². The first-order valence-corrected chi connectivity index (χ1v) is 9.15. The molecule has 3 rings (SSSR count). The molecule has 0 saturated carbocycles. The molecule has 0 unspecified atom stereocenters. The number of benzene rings is 2. The fourth-order valence-corrected chi connectivity index (χ4v) is 2.93. The van der Waals surface area contributed by atoms with Crippen LogP contribution in [0.25, 0.3) is 0 Å². The predicted molar refractivity (Wildman–Crippen MR) is 103 cm³/mol. The van der Waals surface area contributed by atoms with Gasteiger partial charge in [-0.2, -0.15) is 4.98 Å². The number of hydrogen-bond donors (Lipinski definition) is 1. The average molecular weight is 350 g/mol. The number of aromatic nitrogens is 2. The summed E-state index contributed by atoms with van der Waals surface area (Å²) in [5.74, 6) is 1.43. The molecule has 0 bridgehead atoms. The Kier molecular flexibility index (Phi) is 6.93. The number of aryl methyl sites for hydroxylation is 2. The molecule has 0 saturated heterocycles. The van der Waals surface area contributed by atoms with Gasteiger partial charge in [-0.25, -0.2) is 0 Å². The van der Waals surface area contributed by atoms with Crippen LogP contribution in [0.5, 0.6) is 0 Å². The summed E-state index contributed by atoms with van der Waals surface area (Å²) in [5, 5.41) is 4.12. The second-order valence-electron chi connectivity index (χ2n) is 6.39. The highest BCUT2D eigenvalue weighted by atomic mass is 16.5. The summed E-state index contributed by atoms with van der Waals surface area (Å²) in [6.45, 7) is 2.99. The van der Waals surface area contributed by atoms with Crippen molar-refractivity contribution in [3.05, 3.63) is 83.5 Å². The Hall–Kier alpha value is -2.50. The minimum atomic E-state index is 0.615. The van der Waals surface area contributed by atoms with Crippen LogP contribution in [0, 0.1) is 0 Å². The van der Waals surface area contributed by atoms with E-state index in [-0.39, 0.29) is 0 Å². The lowest BCUT2D eigenvalue weighted by atomic mass is 10.1. The number of nitrogens with two attached hydrogens (primary N) is 1. The first kappa shape index (κ1) is 18.3. The molecule has 0 fully saturated rings. The Labute approximate surface area is 154 Å². The average Bonchev–Trinajstić information content (AvgIpc) is 3.14. The maximum Gasteiger partial charge on any atom is 0.240 e. The van der Waals surface area contributed by atoms with E-state index in [9.17, 15) is 0 Å². The van der Waals surface area contributed by atoms with Crippen molar-refractivity contribution in [2.75, 3.05) is 19.6 Å². The summed E-state index contributed by atoms with van der Waals surface area (Å²) in [7, 11) is 0. The normalized spacial score (nSPS) is 11.2. The molecule has 0 aliphatic rings. The van der Waals surface area contributed by atoms with Crippen LogP contribution in [0.4, 0.5) is 0 Å². The zero-order chi connectivity index (χ0) is 18.0. The maximum absolute atomic E-state index is 5.76. The topological polar surface area (TPSA) is 68.2 Å². The largest absolute Gasteiger partial charge is 0.338 e. The summed E-state index contributed by atoms with van der Waals surface area (Å²) in [6.07, 6.45) is 2.69. The van der Waals surface area contributed by atoms with Gasteiger partial charge in [-0.05, 0) is 24.0 Å². The Morgan fingerprint density at radius 1 is 0.808 bits per heavy atom. The van der Waals surface area contributed by atoms with Crippen LogP contribution in [0.1, 0.15) is 22.8 Å².